The van der Waals surface area contributed by atoms with Crippen molar-refractivity contribution in [2.45, 2.75) is 40.0 Å². The highest BCUT2D eigenvalue weighted by Crippen LogP contribution is 2.51. The minimum atomic E-state index is -0.578. The lowest BCUT2D eigenvalue weighted by Gasteiger charge is -2.42. The number of anilines is 1. The van der Waals surface area contributed by atoms with Gasteiger partial charge in [0.05, 0.1) is 5.69 Å². The van der Waals surface area contributed by atoms with Crippen molar-refractivity contribution in [2.75, 3.05) is 5.32 Å². The number of nitrogens with one attached hydrogen (secondary N) is 2. The van der Waals surface area contributed by atoms with Crippen molar-refractivity contribution in [1.29, 1.82) is 0 Å². The minimum Gasteiger partial charge on any atom is -0.307 e. The summed E-state index contributed by atoms with van der Waals surface area (Å²) in [6, 6.07) is 0. The summed E-state index contributed by atoms with van der Waals surface area (Å²) in [4.78, 5) is 12.3. The molecule has 5 heteroatoms. The number of hydrogen-bond acceptors (Lipinski definition) is 3. The summed E-state index contributed by atoms with van der Waals surface area (Å²) < 4.78 is 0. The SMILES string of the molecule is CC(C)C1(C(C)(C)C)C(=O)Nc2nn[nH]c21. The van der Waals surface area contributed by atoms with E-state index in [1.807, 2.05) is 0 Å². The van der Waals surface area contributed by atoms with Gasteiger partial charge in [-0.1, -0.05) is 39.8 Å². The smallest absolute Gasteiger partial charge is 0.238 e. The van der Waals surface area contributed by atoms with Gasteiger partial charge in [-0.05, 0) is 11.3 Å². The van der Waals surface area contributed by atoms with Crippen LogP contribution >= 0.6 is 0 Å². The van der Waals surface area contributed by atoms with E-state index >= 15 is 0 Å². The fourth-order valence-electron chi connectivity index (χ4n) is 3.04. The Bertz CT molecular complexity index is 429. The van der Waals surface area contributed by atoms with Crippen molar-refractivity contribution in [3.8, 4) is 0 Å². The minimum absolute atomic E-state index is 0.0196. The predicted octanol–water partition coefficient (Wildman–Crippen LogP) is 1.70. The Morgan fingerprint density at radius 1 is 1.31 bits per heavy atom. The molecule has 0 spiro atoms. The average molecular weight is 222 g/mol. The van der Waals surface area contributed by atoms with Gasteiger partial charge in [0.15, 0.2) is 5.82 Å². The molecule has 0 radical (unpaired) electrons. The summed E-state index contributed by atoms with van der Waals surface area (Å²) in [5.41, 5.74) is 0.0521. The van der Waals surface area contributed by atoms with E-state index in [9.17, 15) is 4.79 Å². The molecule has 0 bridgehead atoms. The number of fused-ring (bicyclic) bond motifs is 1. The van der Waals surface area contributed by atoms with E-state index in [1.54, 1.807) is 0 Å². The maximum absolute atomic E-state index is 12.3. The Morgan fingerprint density at radius 2 is 1.94 bits per heavy atom. The van der Waals surface area contributed by atoms with Crippen LogP contribution in [-0.2, 0) is 10.2 Å². The zero-order chi connectivity index (χ0) is 12.1. The number of amides is 1. The molecule has 1 atom stereocenters. The van der Waals surface area contributed by atoms with Crippen LogP contribution < -0.4 is 5.32 Å². The predicted molar refractivity (Wildman–Crippen MR) is 61.0 cm³/mol. The molecule has 1 amide bonds. The lowest BCUT2D eigenvalue weighted by Crippen LogP contribution is -2.50. The Hall–Kier alpha value is -1.39. The third-order valence-corrected chi connectivity index (χ3v) is 3.58. The van der Waals surface area contributed by atoms with Gasteiger partial charge in [-0.2, -0.15) is 0 Å². The van der Waals surface area contributed by atoms with Gasteiger partial charge >= 0.3 is 0 Å². The molecule has 2 heterocycles. The lowest BCUT2D eigenvalue weighted by atomic mass is 9.59. The highest BCUT2D eigenvalue weighted by atomic mass is 16.2. The van der Waals surface area contributed by atoms with Gasteiger partial charge in [0, 0.05) is 0 Å². The third-order valence-electron chi connectivity index (χ3n) is 3.58. The van der Waals surface area contributed by atoms with Gasteiger partial charge < -0.3 is 5.32 Å². The molecule has 0 aliphatic carbocycles. The van der Waals surface area contributed by atoms with Crippen LogP contribution in [-0.4, -0.2) is 21.3 Å². The second-order valence-electron chi connectivity index (χ2n) is 5.70. The Morgan fingerprint density at radius 3 is 2.44 bits per heavy atom. The van der Waals surface area contributed by atoms with Crippen LogP contribution in [0.5, 0.6) is 0 Å². The second kappa shape index (κ2) is 3.06. The molecule has 1 aromatic heterocycles. The standard InChI is InChI=1S/C11H18N4O/c1-6(2)11(10(3,4)5)7-8(12-9(11)16)14-15-13-7/h6H,1-5H3,(H2,12,13,14,15,16). The molecule has 1 aliphatic heterocycles. The average Bonchev–Trinajstić information content (AvgIpc) is 2.58. The van der Waals surface area contributed by atoms with Crippen LogP contribution in [0, 0.1) is 11.3 Å². The molecular weight excluding hydrogens is 204 g/mol. The van der Waals surface area contributed by atoms with Crippen molar-refractivity contribution >= 4 is 11.7 Å². The van der Waals surface area contributed by atoms with Crippen molar-refractivity contribution in [3.05, 3.63) is 5.69 Å². The summed E-state index contributed by atoms with van der Waals surface area (Å²) >= 11 is 0. The summed E-state index contributed by atoms with van der Waals surface area (Å²) in [6.45, 7) is 10.3. The van der Waals surface area contributed by atoms with Gasteiger partial charge in [0.1, 0.15) is 5.41 Å². The summed E-state index contributed by atoms with van der Waals surface area (Å²) in [5, 5.41) is 13.4. The maximum Gasteiger partial charge on any atom is 0.238 e. The molecular formula is C11H18N4O. The Labute approximate surface area is 95.0 Å². The number of aromatic nitrogens is 3. The van der Waals surface area contributed by atoms with E-state index in [2.05, 4.69) is 55.3 Å². The molecule has 0 aromatic carbocycles. The first-order valence-corrected chi connectivity index (χ1v) is 5.54. The topological polar surface area (TPSA) is 70.7 Å². The van der Waals surface area contributed by atoms with Crippen molar-refractivity contribution in [1.82, 2.24) is 15.4 Å². The van der Waals surface area contributed by atoms with E-state index in [0.29, 0.717) is 5.82 Å². The third kappa shape index (κ3) is 1.08. The molecule has 16 heavy (non-hydrogen) atoms. The molecule has 88 valence electrons. The van der Waals surface area contributed by atoms with Gasteiger partial charge in [0.2, 0.25) is 5.91 Å². The molecule has 0 saturated heterocycles. The Balaban J connectivity index is 2.69. The normalized spacial score (nSPS) is 24.8. The number of carbonyl (C=O) groups excluding carboxylic acids is 1. The molecule has 5 nitrogen and oxygen atoms in total. The fourth-order valence-corrected chi connectivity index (χ4v) is 3.04. The number of rotatable bonds is 1. The maximum atomic E-state index is 12.3. The van der Waals surface area contributed by atoms with Gasteiger partial charge in [-0.15, -0.1) is 5.10 Å². The quantitative estimate of drug-likeness (QED) is 0.759. The number of nitrogens with zero attached hydrogens (tertiary/aromatic N) is 2. The van der Waals surface area contributed by atoms with Crippen molar-refractivity contribution in [2.24, 2.45) is 11.3 Å². The molecule has 1 aromatic rings. The lowest BCUT2D eigenvalue weighted by molar-refractivity contribution is -0.127. The van der Waals surface area contributed by atoms with Gasteiger partial charge in [-0.25, -0.2) is 0 Å². The van der Waals surface area contributed by atoms with E-state index < -0.39 is 5.41 Å². The largest absolute Gasteiger partial charge is 0.307 e. The van der Waals surface area contributed by atoms with Gasteiger partial charge in [-0.3, -0.25) is 9.89 Å². The van der Waals surface area contributed by atoms with Crippen LogP contribution in [0.1, 0.15) is 40.3 Å². The fraction of sp³-hybridized carbons (Fsp3) is 0.727. The number of hydrogen-bond donors (Lipinski definition) is 2. The van der Waals surface area contributed by atoms with E-state index in [-0.39, 0.29) is 17.2 Å². The molecule has 1 aliphatic rings. The molecule has 1 unspecified atom stereocenters. The van der Waals surface area contributed by atoms with E-state index in [0.717, 1.165) is 5.69 Å². The monoisotopic (exact) mass is 222 g/mol. The first-order chi connectivity index (χ1) is 7.31. The molecule has 0 fully saturated rings. The van der Waals surface area contributed by atoms with Crippen LogP contribution in [0.25, 0.3) is 0 Å². The molecule has 0 saturated carbocycles. The van der Waals surface area contributed by atoms with Crippen LogP contribution in [0.4, 0.5) is 5.82 Å². The first kappa shape index (κ1) is 11.1. The van der Waals surface area contributed by atoms with Gasteiger partial charge in [0.25, 0.3) is 0 Å². The zero-order valence-corrected chi connectivity index (χ0v) is 10.4. The van der Waals surface area contributed by atoms with E-state index in [4.69, 9.17) is 0 Å². The van der Waals surface area contributed by atoms with Crippen molar-refractivity contribution in [3.63, 3.8) is 0 Å². The summed E-state index contributed by atoms with van der Waals surface area (Å²) in [7, 11) is 0. The van der Waals surface area contributed by atoms with Crippen LogP contribution in [0.2, 0.25) is 0 Å². The highest BCUT2D eigenvalue weighted by molar-refractivity contribution is 6.05. The highest BCUT2D eigenvalue weighted by Gasteiger charge is 2.58. The summed E-state index contributed by atoms with van der Waals surface area (Å²) in [5.74, 6) is 0.774. The number of H-pyrrole nitrogens is 1. The van der Waals surface area contributed by atoms with E-state index in [1.165, 1.54) is 0 Å². The molecule has 2 N–H and O–H groups in total. The zero-order valence-electron chi connectivity index (χ0n) is 10.4. The number of carbonyl (C=O) groups is 1. The first-order valence-electron chi connectivity index (χ1n) is 5.54. The van der Waals surface area contributed by atoms with Crippen LogP contribution in [0.15, 0.2) is 0 Å². The number of aromatic amines is 1. The van der Waals surface area contributed by atoms with Crippen LogP contribution in [0.3, 0.4) is 0 Å². The summed E-state index contributed by atoms with van der Waals surface area (Å²) in [6.07, 6.45) is 0. The molecule has 2 rings (SSSR count). The van der Waals surface area contributed by atoms with Crippen molar-refractivity contribution < 1.29 is 4.79 Å². The second-order valence-corrected chi connectivity index (χ2v) is 5.70. The Kier molecular flexibility index (Phi) is 2.12.